The van der Waals surface area contributed by atoms with E-state index in [-0.39, 0.29) is 0 Å². The molecule has 0 aliphatic carbocycles. The highest BCUT2D eigenvalue weighted by Crippen LogP contribution is 2.11. The molecule has 1 aromatic rings. The van der Waals surface area contributed by atoms with Crippen LogP contribution in [0.1, 0.15) is 71.1 Å². The first-order chi connectivity index (χ1) is 9.25. The van der Waals surface area contributed by atoms with Crippen LogP contribution in [0.2, 0.25) is 0 Å². The van der Waals surface area contributed by atoms with E-state index in [2.05, 4.69) is 58.1 Å². The molecule has 19 heavy (non-hydrogen) atoms. The molecule has 2 nitrogen and oxygen atoms in total. The summed E-state index contributed by atoms with van der Waals surface area (Å²) < 4.78 is 5.86. The maximum absolute atomic E-state index is 2.42. The summed E-state index contributed by atoms with van der Waals surface area (Å²) in [7, 11) is 2.11. The largest absolute Gasteiger partial charge is 0.317 e. The highest BCUT2D eigenvalue weighted by atomic mass is 127. The van der Waals surface area contributed by atoms with Crippen molar-refractivity contribution < 1.29 is 4.57 Å². The molecule has 0 bridgehead atoms. The van der Waals surface area contributed by atoms with E-state index in [0.29, 0.717) is 0 Å². The van der Waals surface area contributed by atoms with Crippen LogP contribution in [-0.2, 0) is 13.6 Å². The quantitative estimate of drug-likeness (QED) is 0.297. The van der Waals surface area contributed by atoms with Crippen molar-refractivity contribution in [3.05, 3.63) is 16.2 Å². The van der Waals surface area contributed by atoms with E-state index in [9.17, 15) is 0 Å². The van der Waals surface area contributed by atoms with Gasteiger partial charge in [-0.3, -0.25) is 0 Å². The van der Waals surface area contributed by atoms with Crippen LogP contribution < -0.4 is 4.57 Å². The molecule has 0 aromatic carbocycles. The van der Waals surface area contributed by atoms with Gasteiger partial charge in [0.1, 0.15) is 12.4 Å². The Hall–Kier alpha value is -0.0600. The molecule has 0 unspecified atom stereocenters. The summed E-state index contributed by atoms with van der Waals surface area (Å²) in [4.78, 5) is 0. The molecule has 0 fully saturated rings. The number of imidazole rings is 1. The van der Waals surface area contributed by atoms with Crippen LogP contribution in [-0.4, -0.2) is 4.57 Å². The molecule has 3 heteroatoms. The zero-order valence-electron chi connectivity index (χ0n) is 12.7. The van der Waals surface area contributed by atoms with E-state index in [1.807, 2.05) is 0 Å². The third-order valence-corrected chi connectivity index (χ3v) is 5.13. The molecular formula is C16H30IN2+. The molecule has 1 rings (SSSR count). The Kier molecular flexibility index (Phi) is 9.57. The molecule has 0 amide bonds. The Morgan fingerprint density at radius 3 is 1.95 bits per heavy atom. The van der Waals surface area contributed by atoms with Crippen molar-refractivity contribution in [2.45, 2.75) is 77.7 Å². The third kappa shape index (κ3) is 7.33. The predicted octanol–water partition coefficient (Wildman–Crippen LogP) is 4.84. The maximum Gasteiger partial charge on any atom is 0.317 e. The Balaban J connectivity index is 1.90. The van der Waals surface area contributed by atoms with E-state index >= 15 is 0 Å². The lowest BCUT2D eigenvalue weighted by atomic mass is 10.1. The van der Waals surface area contributed by atoms with Crippen LogP contribution in [0.5, 0.6) is 0 Å². The summed E-state index contributed by atoms with van der Waals surface area (Å²) in [6.45, 7) is 3.46. The Morgan fingerprint density at radius 2 is 1.47 bits per heavy atom. The number of halogens is 1. The van der Waals surface area contributed by atoms with Crippen molar-refractivity contribution in [1.82, 2.24) is 4.57 Å². The van der Waals surface area contributed by atoms with Crippen LogP contribution in [0.25, 0.3) is 0 Å². The van der Waals surface area contributed by atoms with Crippen LogP contribution >= 0.6 is 22.6 Å². The normalized spacial score (nSPS) is 11.1. The van der Waals surface area contributed by atoms with Crippen molar-refractivity contribution >= 4 is 22.6 Å². The van der Waals surface area contributed by atoms with Gasteiger partial charge in [0.05, 0.1) is 36.2 Å². The van der Waals surface area contributed by atoms with Gasteiger partial charge in [-0.25, -0.2) is 9.13 Å². The van der Waals surface area contributed by atoms with Gasteiger partial charge in [-0.15, -0.1) is 0 Å². The van der Waals surface area contributed by atoms with Crippen LogP contribution in [0.15, 0.2) is 12.4 Å². The first kappa shape index (κ1) is 17.0. The van der Waals surface area contributed by atoms with E-state index in [0.717, 1.165) is 0 Å². The van der Waals surface area contributed by atoms with Crippen LogP contribution in [0.4, 0.5) is 0 Å². The average Bonchev–Trinajstić information content (AvgIpc) is 2.73. The van der Waals surface area contributed by atoms with Crippen LogP contribution in [0.3, 0.4) is 0 Å². The number of hydrogen-bond acceptors (Lipinski definition) is 0. The zero-order valence-corrected chi connectivity index (χ0v) is 14.9. The van der Waals surface area contributed by atoms with Crippen molar-refractivity contribution in [2.75, 3.05) is 0 Å². The zero-order chi connectivity index (χ0) is 13.9. The van der Waals surface area contributed by atoms with Gasteiger partial charge in [-0.1, -0.05) is 58.3 Å². The Labute approximate surface area is 132 Å². The second-order valence-electron chi connectivity index (χ2n) is 5.55. The monoisotopic (exact) mass is 377 g/mol. The highest BCUT2D eigenvalue weighted by molar-refractivity contribution is 14.1. The van der Waals surface area contributed by atoms with Gasteiger partial charge < -0.3 is 0 Å². The summed E-state index contributed by atoms with van der Waals surface area (Å²) in [6.07, 6.45) is 18.4. The van der Waals surface area contributed by atoms with Crippen LogP contribution in [0, 0.1) is 3.83 Å². The molecule has 1 heterocycles. The minimum atomic E-state index is 1.18. The van der Waals surface area contributed by atoms with Gasteiger partial charge >= 0.3 is 3.83 Å². The lowest BCUT2D eigenvalue weighted by Crippen LogP contribution is -2.30. The van der Waals surface area contributed by atoms with Gasteiger partial charge in [0.2, 0.25) is 0 Å². The van der Waals surface area contributed by atoms with E-state index in [1.165, 1.54) is 74.6 Å². The van der Waals surface area contributed by atoms with Gasteiger partial charge in [0.25, 0.3) is 0 Å². The molecule has 1 aromatic heterocycles. The molecule has 0 aliphatic rings. The summed E-state index contributed by atoms with van der Waals surface area (Å²) in [5.41, 5.74) is 0. The van der Waals surface area contributed by atoms with Crippen molar-refractivity contribution in [1.29, 1.82) is 0 Å². The van der Waals surface area contributed by atoms with Gasteiger partial charge in [0.15, 0.2) is 0 Å². The van der Waals surface area contributed by atoms with E-state index in [1.54, 1.807) is 0 Å². The molecule has 110 valence electrons. The fraction of sp³-hybridized carbons (Fsp3) is 0.812. The lowest BCUT2D eigenvalue weighted by molar-refractivity contribution is -0.684. The molecule has 0 atom stereocenters. The fourth-order valence-corrected chi connectivity index (χ4v) is 3.01. The summed E-state index contributed by atoms with van der Waals surface area (Å²) in [5.74, 6) is 0. The first-order valence-electron chi connectivity index (χ1n) is 7.96. The molecule has 0 spiro atoms. The maximum atomic E-state index is 2.42. The van der Waals surface area contributed by atoms with Crippen molar-refractivity contribution in [2.24, 2.45) is 7.05 Å². The fourth-order valence-electron chi connectivity index (χ4n) is 2.44. The standard InChI is InChI=1S/C16H30IN2/c1-3-4-5-6-7-8-9-10-11-12-13-19-15-14-18(2)16(19)17/h14-15H,3-13H2,1-2H3/q+1. The summed E-state index contributed by atoms with van der Waals surface area (Å²) >= 11 is 2.42. The van der Waals surface area contributed by atoms with Gasteiger partial charge in [-0.05, 0) is 12.8 Å². The Morgan fingerprint density at radius 1 is 0.947 bits per heavy atom. The molecule has 0 saturated carbocycles. The average molecular weight is 377 g/mol. The minimum Gasteiger partial charge on any atom is -0.228 e. The van der Waals surface area contributed by atoms with E-state index < -0.39 is 0 Å². The van der Waals surface area contributed by atoms with Gasteiger partial charge in [0, 0.05) is 0 Å². The Bertz CT molecular complexity index is 333. The number of unbranched alkanes of at least 4 members (excludes halogenated alkanes) is 9. The first-order valence-corrected chi connectivity index (χ1v) is 9.04. The smallest absolute Gasteiger partial charge is 0.228 e. The number of rotatable bonds is 11. The van der Waals surface area contributed by atoms with Gasteiger partial charge in [-0.2, -0.15) is 0 Å². The van der Waals surface area contributed by atoms with Crippen molar-refractivity contribution in [3.8, 4) is 0 Å². The third-order valence-electron chi connectivity index (χ3n) is 3.75. The molecular weight excluding hydrogens is 347 g/mol. The lowest BCUT2D eigenvalue weighted by Gasteiger charge is -2.02. The number of nitrogens with zero attached hydrogens (tertiary/aromatic N) is 2. The highest BCUT2D eigenvalue weighted by Gasteiger charge is 2.09. The molecule has 0 aliphatic heterocycles. The second-order valence-corrected chi connectivity index (χ2v) is 6.52. The molecule has 0 N–H and O–H groups in total. The number of hydrogen-bond donors (Lipinski definition) is 0. The van der Waals surface area contributed by atoms with E-state index in [4.69, 9.17) is 0 Å². The second kappa shape index (κ2) is 10.7. The summed E-state index contributed by atoms with van der Waals surface area (Å²) in [5, 5.41) is 0. The summed E-state index contributed by atoms with van der Waals surface area (Å²) in [6, 6.07) is 0. The SMILES string of the molecule is CCCCCCCCCCCCn1cc[n+](C)c1I. The number of aryl methyl sites for hydroxylation is 2. The topological polar surface area (TPSA) is 8.81 Å². The predicted molar refractivity (Wildman–Crippen MR) is 90.2 cm³/mol. The molecule has 0 radical (unpaired) electrons. The van der Waals surface area contributed by atoms with Crippen molar-refractivity contribution in [3.63, 3.8) is 0 Å². The number of aromatic nitrogens is 2. The molecule has 0 saturated heterocycles. The minimum absolute atomic E-state index is 1.18.